The van der Waals surface area contributed by atoms with E-state index in [1.54, 1.807) is 0 Å². The first kappa shape index (κ1) is 14.4. The first-order chi connectivity index (χ1) is 8.22. The maximum Gasteiger partial charge on any atom is -0.00196 e. The van der Waals surface area contributed by atoms with Crippen molar-refractivity contribution in [1.82, 2.24) is 0 Å². The largest absolute Gasteiger partial charge is 0.115 e. The van der Waals surface area contributed by atoms with E-state index in [1.807, 2.05) is 0 Å². The van der Waals surface area contributed by atoms with Crippen molar-refractivity contribution >= 4 is 0 Å². The monoisotopic (exact) mass is 232 g/mol. The van der Waals surface area contributed by atoms with E-state index in [1.165, 1.54) is 56.9 Å². The van der Waals surface area contributed by atoms with Crippen molar-refractivity contribution in [3.63, 3.8) is 0 Å². The molecule has 0 spiro atoms. The molecule has 96 valence electrons. The SMILES string of the molecule is C#CC1=CC(C)CCCC(C)CCCCCC1. The van der Waals surface area contributed by atoms with Gasteiger partial charge < -0.3 is 0 Å². The maximum atomic E-state index is 5.58. The van der Waals surface area contributed by atoms with Crippen LogP contribution in [0.25, 0.3) is 0 Å². The topological polar surface area (TPSA) is 0 Å². The van der Waals surface area contributed by atoms with Gasteiger partial charge in [0, 0.05) is 0 Å². The molecule has 0 aromatic heterocycles. The molecule has 0 fully saturated rings. The van der Waals surface area contributed by atoms with E-state index in [0.717, 1.165) is 12.3 Å². The summed E-state index contributed by atoms with van der Waals surface area (Å²) in [6.07, 6.45) is 19.9. The molecule has 0 radical (unpaired) electrons. The van der Waals surface area contributed by atoms with Crippen molar-refractivity contribution in [2.75, 3.05) is 0 Å². The highest BCUT2D eigenvalue weighted by Crippen LogP contribution is 2.22. The van der Waals surface area contributed by atoms with Crippen molar-refractivity contribution in [2.45, 2.75) is 71.6 Å². The Labute approximate surface area is 108 Å². The third kappa shape index (κ3) is 6.57. The summed E-state index contributed by atoms with van der Waals surface area (Å²) in [5.41, 5.74) is 1.24. The Morgan fingerprint density at radius 1 is 1.00 bits per heavy atom. The Hall–Kier alpha value is -0.700. The molecule has 2 atom stereocenters. The lowest BCUT2D eigenvalue weighted by atomic mass is 9.94. The molecule has 0 nitrogen and oxygen atoms in total. The Kier molecular flexibility index (Phi) is 7.10. The van der Waals surface area contributed by atoms with Gasteiger partial charge in [-0.1, -0.05) is 64.4 Å². The lowest BCUT2D eigenvalue weighted by Crippen LogP contribution is -1.97. The van der Waals surface area contributed by atoms with Crippen molar-refractivity contribution in [2.24, 2.45) is 11.8 Å². The molecule has 0 aromatic rings. The quantitative estimate of drug-likeness (QED) is 0.494. The minimum atomic E-state index is 0.661. The molecule has 0 saturated carbocycles. The zero-order valence-corrected chi connectivity index (χ0v) is 11.7. The van der Waals surface area contributed by atoms with Crippen LogP contribution < -0.4 is 0 Å². The molecule has 1 rings (SSSR count). The van der Waals surface area contributed by atoms with E-state index in [0.29, 0.717) is 5.92 Å². The van der Waals surface area contributed by atoms with E-state index in [-0.39, 0.29) is 0 Å². The van der Waals surface area contributed by atoms with Crippen molar-refractivity contribution < 1.29 is 0 Å². The molecule has 0 heterocycles. The van der Waals surface area contributed by atoms with Crippen molar-refractivity contribution in [3.8, 4) is 12.3 Å². The first-order valence-corrected chi connectivity index (χ1v) is 7.39. The molecule has 2 unspecified atom stereocenters. The van der Waals surface area contributed by atoms with Gasteiger partial charge in [0.2, 0.25) is 0 Å². The lowest BCUT2D eigenvalue weighted by molar-refractivity contribution is 0.428. The van der Waals surface area contributed by atoms with Crippen LogP contribution in [-0.4, -0.2) is 0 Å². The highest BCUT2D eigenvalue weighted by Gasteiger charge is 2.06. The van der Waals surface area contributed by atoms with Gasteiger partial charge in [0.25, 0.3) is 0 Å². The van der Waals surface area contributed by atoms with Crippen LogP contribution in [0, 0.1) is 24.2 Å². The highest BCUT2D eigenvalue weighted by atomic mass is 14.1. The van der Waals surface area contributed by atoms with Crippen LogP contribution in [0.5, 0.6) is 0 Å². The molecular weight excluding hydrogens is 204 g/mol. The minimum absolute atomic E-state index is 0.661. The van der Waals surface area contributed by atoms with Gasteiger partial charge >= 0.3 is 0 Å². The maximum absolute atomic E-state index is 5.58. The molecule has 0 aromatic carbocycles. The summed E-state index contributed by atoms with van der Waals surface area (Å²) in [6.45, 7) is 4.72. The molecule has 0 bridgehead atoms. The van der Waals surface area contributed by atoms with Gasteiger partial charge in [0.15, 0.2) is 0 Å². The average Bonchev–Trinajstić information content (AvgIpc) is 2.32. The van der Waals surface area contributed by atoms with Crippen LogP contribution >= 0.6 is 0 Å². The number of hydrogen-bond donors (Lipinski definition) is 0. The molecular formula is C17H28. The lowest BCUT2D eigenvalue weighted by Gasteiger charge is -2.12. The zero-order chi connectivity index (χ0) is 12.5. The van der Waals surface area contributed by atoms with Gasteiger partial charge in [-0.2, -0.15) is 0 Å². The van der Waals surface area contributed by atoms with Crippen LogP contribution in [0.2, 0.25) is 0 Å². The van der Waals surface area contributed by atoms with Gasteiger partial charge in [0.1, 0.15) is 0 Å². The summed E-state index contributed by atoms with van der Waals surface area (Å²) >= 11 is 0. The second kappa shape index (κ2) is 8.40. The summed E-state index contributed by atoms with van der Waals surface area (Å²) in [7, 11) is 0. The molecule has 0 heteroatoms. The molecule has 17 heavy (non-hydrogen) atoms. The van der Waals surface area contributed by atoms with E-state index in [2.05, 4.69) is 25.8 Å². The predicted molar refractivity (Wildman–Crippen MR) is 76.8 cm³/mol. The van der Waals surface area contributed by atoms with Crippen LogP contribution in [0.15, 0.2) is 11.6 Å². The Bertz CT molecular complexity index is 266. The van der Waals surface area contributed by atoms with E-state index in [4.69, 9.17) is 6.42 Å². The summed E-state index contributed by atoms with van der Waals surface area (Å²) in [5.74, 6) is 4.45. The van der Waals surface area contributed by atoms with Gasteiger partial charge in [-0.3, -0.25) is 0 Å². The molecule has 1 aliphatic carbocycles. The smallest absolute Gasteiger partial charge is 0.00196 e. The predicted octanol–water partition coefficient (Wildman–Crippen LogP) is 5.34. The summed E-state index contributed by atoms with van der Waals surface area (Å²) in [4.78, 5) is 0. The van der Waals surface area contributed by atoms with Gasteiger partial charge in [-0.05, 0) is 36.7 Å². The molecule has 0 aliphatic heterocycles. The normalized spacial score (nSPS) is 29.1. The third-order valence-corrected chi connectivity index (χ3v) is 3.92. The van der Waals surface area contributed by atoms with E-state index < -0.39 is 0 Å². The standard InChI is InChI=1S/C17H28/c1-4-17-13-8-6-5-7-10-15(2)11-9-12-16(3)14-17/h1,14-16H,5-13H2,2-3H3. The minimum Gasteiger partial charge on any atom is -0.115 e. The highest BCUT2D eigenvalue weighted by molar-refractivity contribution is 5.25. The molecule has 0 N–H and O–H groups in total. The number of terminal acetylenes is 1. The Morgan fingerprint density at radius 3 is 2.47 bits per heavy atom. The van der Waals surface area contributed by atoms with Crippen LogP contribution in [-0.2, 0) is 0 Å². The molecule has 0 amide bonds. The summed E-state index contributed by atoms with van der Waals surface area (Å²) in [6, 6.07) is 0. The molecule has 0 saturated heterocycles. The van der Waals surface area contributed by atoms with E-state index in [9.17, 15) is 0 Å². The fourth-order valence-corrected chi connectivity index (χ4v) is 2.72. The van der Waals surface area contributed by atoms with Crippen LogP contribution in [0.3, 0.4) is 0 Å². The Morgan fingerprint density at radius 2 is 1.71 bits per heavy atom. The van der Waals surface area contributed by atoms with Gasteiger partial charge in [-0.15, -0.1) is 6.42 Å². The van der Waals surface area contributed by atoms with Crippen molar-refractivity contribution in [1.29, 1.82) is 0 Å². The average molecular weight is 232 g/mol. The number of allylic oxidation sites excluding steroid dienone is 2. The van der Waals surface area contributed by atoms with Crippen molar-refractivity contribution in [3.05, 3.63) is 11.6 Å². The second-order valence-corrected chi connectivity index (χ2v) is 5.80. The second-order valence-electron chi connectivity index (χ2n) is 5.80. The molecule has 1 aliphatic rings. The summed E-state index contributed by atoms with van der Waals surface area (Å²) < 4.78 is 0. The van der Waals surface area contributed by atoms with Crippen LogP contribution in [0.4, 0.5) is 0 Å². The summed E-state index contributed by atoms with van der Waals surface area (Å²) in [5, 5.41) is 0. The fraction of sp³-hybridized carbons (Fsp3) is 0.765. The van der Waals surface area contributed by atoms with Crippen LogP contribution in [0.1, 0.15) is 71.6 Å². The number of hydrogen-bond acceptors (Lipinski definition) is 0. The third-order valence-electron chi connectivity index (χ3n) is 3.92. The fourth-order valence-electron chi connectivity index (χ4n) is 2.72. The number of rotatable bonds is 0. The zero-order valence-electron chi connectivity index (χ0n) is 11.7. The van der Waals surface area contributed by atoms with E-state index >= 15 is 0 Å². The Balaban J connectivity index is 2.51. The van der Waals surface area contributed by atoms with Gasteiger partial charge in [0.05, 0.1) is 0 Å². The first-order valence-electron chi connectivity index (χ1n) is 7.39. The van der Waals surface area contributed by atoms with Gasteiger partial charge in [-0.25, -0.2) is 0 Å².